The number of likely N-dealkylation sites (tertiary alicyclic amines) is 1. The Morgan fingerprint density at radius 3 is 2.63 bits per heavy atom. The first-order valence-electron chi connectivity index (χ1n) is 7.97. The van der Waals surface area contributed by atoms with Gasteiger partial charge in [0.25, 0.3) is 0 Å². The van der Waals surface area contributed by atoms with E-state index in [2.05, 4.69) is 24.1 Å². The van der Waals surface area contributed by atoms with E-state index in [1.165, 1.54) is 38.9 Å². The Hall–Kier alpha value is -0.160. The maximum Gasteiger partial charge on any atom is 0.0897 e. The number of unbranched alkanes of at least 4 members (excludes halogenated alkanes) is 1. The molecule has 1 saturated heterocycles. The van der Waals surface area contributed by atoms with Gasteiger partial charge in [0.2, 0.25) is 0 Å². The van der Waals surface area contributed by atoms with Gasteiger partial charge in [-0.3, -0.25) is 0 Å². The zero-order valence-corrected chi connectivity index (χ0v) is 12.7. The van der Waals surface area contributed by atoms with Crippen molar-refractivity contribution in [2.45, 2.75) is 58.1 Å². The van der Waals surface area contributed by atoms with E-state index < -0.39 is 0 Å². The first-order chi connectivity index (χ1) is 9.26. The molecule has 4 heteroatoms. The van der Waals surface area contributed by atoms with Gasteiger partial charge in [0, 0.05) is 19.2 Å². The summed E-state index contributed by atoms with van der Waals surface area (Å²) in [5.41, 5.74) is 0. The van der Waals surface area contributed by atoms with Crippen molar-refractivity contribution in [1.82, 2.24) is 10.2 Å². The van der Waals surface area contributed by atoms with Gasteiger partial charge in [0.15, 0.2) is 0 Å². The topological polar surface area (TPSA) is 44.7 Å². The van der Waals surface area contributed by atoms with Crippen LogP contribution in [0.3, 0.4) is 0 Å². The van der Waals surface area contributed by atoms with Crippen LogP contribution in [-0.4, -0.2) is 61.5 Å². The van der Waals surface area contributed by atoms with Crippen LogP contribution in [0.15, 0.2) is 0 Å². The van der Waals surface area contributed by atoms with Gasteiger partial charge in [-0.05, 0) is 45.3 Å². The summed E-state index contributed by atoms with van der Waals surface area (Å²) in [6, 6.07) is 0.568. The van der Waals surface area contributed by atoms with Gasteiger partial charge in [-0.2, -0.15) is 0 Å². The molecular weight excluding hydrogens is 240 g/mol. The molecular formula is C15H32N2O2. The van der Waals surface area contributed by atoms with Crippen molar-refractivity contribution < 1.29 is 9.84 Å². The van der Waals surface area contributed by atoms with Crippen molar-refractivity contribution in [3.63, 3.8) is 0 Å². The Morgan fingerprint density at radius 1 is 1.26 bits per heavy atom. The Morgan fingerprint density at radius 2 is 2.00 bits per heavy atom. The SMILES string of the molecule is CCCCOCC(O)CNC1CCN(CCC)CC1. The minimum absolute atomic E-state index is 0.370. The molecule has 1 unspecified atom stereocenters. The van der Waals surface area contributed by atoms with E-state index in [-0.39, 0.29) is 6.10 Å². The van der Waals surface area contributed by atoms with E-state index >= 15 is 0 Å². The number of hydrogen-bond donors (Lipinski definition) is 2. The molecule has 19 heavy (non-hydrogen) atoms. The van der Waals surface area contributed by atoms with Gasteiger partial charge < -0.3 is 20.1 Å². The number of nitrogens with zero attached hydrogens (tertiary/aromatic N) is 1. The first-order valence-corrected chi connectivity index (χ1v) is 7.97. The highest BCUT2D eigenvalue weighted by Crippen LogP contribution is 2.10. The third-order valence-corrected chi connectivity index (χ3v) is 3.72. The van der Waals surface area contributed by atoms with Crippen molar-refractivity contribution in [2.75, 3.05) is 39.4 Å². The van der Waals surface area contributed by atoms with Crippen molar-refractivity contribution in [2.24, 2.45) is 0 Å². The molecule has 0 radical (unpaired) electrons. The predicted molar refractivity (Wildman–Crippen MR) is 79.5 cm³/mol. The molecule has 1 aliphatic rings. The second-order valence-electron chi connectivity index (χ2n) is 5.61. The highest BCUT2D eigenvalue weighted by atomic mass is 16.5. The van der Waals surface area contributed by atoms with Crippen LogP contribution in [-0.2, 0) is 4.74 Å². The molecule has 0 aliphatic carbocycles. The molecule has 1 atom stereocenters. The summed E-state index contributed by atoms with van der Waals surface area (Å²) in [5.74, 6) is 0. The van der Waals surface area contributed by atoms with Crippen LogP contribution in [0.2, 0.25) is 0 Å². The van der Waals surface area contributed by atoms with Gasteiger partial charge in [-0.15, -0.1) is 0 Å². The zero-order chi connectivity index (χ0) is 13.9. The van der Waals surface area contributed by atoms with E-state index in [0.717, 1.165) is 19.4 Å². The molecule has 0 bridgehead atoms. The lowest BCUT2D eigenvalue weighted by Crippen LogP contribution is -2.45. The third-order valence-electron chi connectivity index (χ3n) is 3.72. The van der Waals surface area contributed by atoms with Gasteiger partial charge in [-0.25, -0.2) is 0 Å². The van der Waals surface area contributed by atoms with Crippen molar-refractivity contribution in [1.29, 1.82) is 0 Å². The number of aliphatic hydroxyl groups is 1. The lowest BCUT2D eigenvalue weighted by Gasteiger charge is -2.32. The standard InChI is InChI=1S/C15H32N2O2/c1-3-5-11-19-13-15(18)12-16-14-6-9-17(8-4-2)10-7-14/h14-16,18H,3-13H2,1-2H3. The third kappa shape index (κ3) is 7.88. The van der Waals surface area contributed by atoms with E-state index in [9.17, 15) is 5.11 Å². The highest BCUT2D eigenvalue weighted by molar-refractivity contribution is 4.77. The number of aliphatic hydroxyl groups excluding tert-OH is 1. The summed E-state index contributed by atoms with van der Waals surface area (Å²) in [5, 5.41) is 13.3. The second-order valence-corrected chi connectivity index (χ2v) is 5.61. The van der Waals surface area contributed by atoms with Crippen LogP contribution in [0.4, 0.5) is 0 Å². The van der Waals surface area contributed by atoms with Gasteiger partial charge in [-0.1, -0.05) is 20.3 Å². The molecule has 1 aliphatic heterocycles. The first kappa shape index (κ1) is 16.9. The molecule has 0 saturated carbocycles. The summed E-state index contributed by atoms with van der Waals surface area (Å²) in [6.45, 7) is 9.87. The number of hydrogen-bond acceptors (Lipinski definition) is 4. The smallest absolute Gasteiger partial charge is 0.0897 e. The van der Waals surface area contributed by atoms with E-state index in [1.54, 1.807) is 0 Å². The van der Waals surface area contributed by atoms with E-state index in [4.69, 9.17) is 4.74 Å². The number of rotatable bonds is 10. The van der Waals surface area contributed by atoms with Crippen LogP contribution >= 0.6 is 0 Å². The van der Waals surface area contributed by atoms with Gasteiger partial charge in [0.1, 0.15) is 0 Å². The molecule has 1 fully saturated rings. The Kier molecular flexibility index (Phi) is 9.43. The summed E-state index contributed by atoms with van der Waals surface area (Å²) in [4.78, 5) is 2.53. The minimum atomic E-state index is -0.370. The van der Waals surface area contributed by atoms with Crippen LogP contribution in [0.25, 0.3) is 0 Å². The molecule has 0 amide bonds. The maximum atomic E-state index is 9.82. The number of nitrogens with one attached hydrogen (secondary N) is 1. The highest BCUT2D eigenvalue weighted by Gasteiger charge is 2.18. The molecule has 114 valence electrons. The normalized spacial score (nSPS) is 19.7. The average Bonchev–Trinajstić information content (AvgIpc) is 2.43. The summed E-state index contributed by atoms with van der Waals surface area (Å²) in [7, 11) is 0. The predicted octanol–water partition coefficient (Wildman–Crippen LogP) is 1.63. The van der Waals surface area contributed by atoms with E-state index in [1.807, 2.05) is 0 Å². The average molecular weight is 272 g/mol. The molecule has 0 aromatic rings. The number of piperidine rings is 1. The van der Waals surface area contributed by atoms with Gasteiger partial charge in [0.05, 0.1) is 12.7 Å². The summed E-state index contributed by atoms with van der Waals surface area (Å²) < 4.78 is 5.43. The molecule has 0 spiro atoms. The summed E-state index contributed by atoms with van der Waals surface area (Å²) in [6.07, 6.45) is 5.49. The fraction of sp³-hybridized carbons (Fsp3) is 1.00. The Balaban J connectivity index is 2.00. The fourth-order valence-corrected chi connectivity index (χ4v) is 2.50. The minimum Gasteiger partial charge on any atom is -0.389 e. The molecule has 4 nitrogen and oxygen atoms in total. The Bertz CT molecular complexity index is 206. The van der Waals surface area contributed by atoms with Crippen molar-refractivity contribution in [3.05, 3.63) is 0 Å². The van der Waals surface area contributed by atoms with Crippen LogP contribution in [0.1, 0.15) is 46.0 Å². The van der Waals surface area contributed by atoms with Crippen LogP contribution in [0.5, 0.6) is 0 Å². The maximum absolute atomic E-state index is 9.82. The fourth-order valence-electron chi connectivity index (χ4n) is 2.50. The van der Waals surface area contributed by atoms with E-state index in [0.29, 0.717) is 19.2 Å². The second kappa shape index (κ2) is 10.6. The molecule has 1 heterocycles. The van der Waals surface area contributed by atoms with Crippen molar-refractivity contribution in [3.8, 4) is 0 Å². The number of ether oxygens (including phenoxy) is 1. The Labute approximate surface area is 118 Å². The molecule has 1 rings (SSSR count). The quantitative estimate of drug-likeness (QED) is 0.593. The van der Waals surface area contributed by atoms with Crippen molar-refractivity contribution >= 4 is 0 Å². The summed E-state index contributed by atoms with van der Waals surface area (Å²) >= 11 is 0. The largest absolute Gasteiger partial charge is 0.389 e. The molecule has 0 aromatic heterocycles. The van der Waals surface area contributed by atoms with Gasteiger partial charge >= 0.3 is 0 Å². The lowest BCUT2D eigenvalue weighted by atomic mass is 10.0. The zero-order valence-electron chi connectivity index (χ0n) is 12.7. The van der Waals surface area contributed by atoms with Crippen LogP contribution < -0.4 is 5.32 Å². The molecule has 2 N–H and O–H groups in total. The monoisotopic (exact) mass is 272 g/mol. The lowest BCUT2D eigenvalue weighted by molar-refractivity contribution is 0.0332. The molecule has 0 aromatic carbocycles. The van der Waals surface area contributed by atoms with Crippen LogP contribution in [0, 0.1) is 0 Å².